The number of hydrogen-bond acceptors (Lipinski definition) is 3. The minimum atomic E-state index is -2.49. The number of aromatic nitrogens is 1. The first kappa shape index (κ1) is 13.0. The number of halogens is 2. The quantitative estimate of drug-likeness (QED) is 0.814. The predicted octanol–water partition coefficient (Wildman–Crippen LogP) is 2.14. The molecule has 0 amide bonds. The highest BCUT2D eigenvalue weighted by molar-refractivity contribution is 5.09. The van der Waals surface area contributed by atoms with Crippen LogP contribution >= 0.6 is 0 Å². The number of rotatable bonds is 6. The summed E-state index contributed by atoms with van der Waals surface area (Å²) in [5.41, 5.74) is 6.42. The van der Waals surface area contributed by atoms with Gasteiger partial charge in [-0.3, -0.25) is 4.98 Å². The summed E-state index contributed by atoms with van der Waals surface area (Å²) in [4.78, 5) is 4.08. The molecule has 2 unspecified atom stereocenters. The van der Waals surface area contributed by atoms with Crippen LogP contribution in [0.25, 0.3) is 0 Å². The second kappa shape index (κ2) is 6.50. The minimum Gasteiger partial charge on any atom is -0.364 e. The van der Waals surface area contributed by atoms with Crippen LogP contribution in [0.3, 0.4) is 0 Å². The Morgan fingerprint density at radius 1 is 1.44 bits per heavy atom. The molecule has 0 radical (unpaired) electrons. The van der Waals surface area contributed by atoms with Crippen molar-refractivity contribution in [3.05, 3.63) is 30.1 Å². The first-order chi connectivity index (χ1) is 7.65. The second-order valence-corrected chi connectivity index (χ2v) is 3.47. The van der Waals surface area contributed by atoms with Gasteiger partial charge in [-0.1, -0.05) is 13.0 Å². The summed E-state index contributed by atoms with van der Waals surface area (Å²) >= 11 is 0. The normalized spacial score (nSPS) is 15.1. The van der Waals surface area contributed by atoms with Gasteiger partial charge in [0.15, 0.2) is 0 Å². The maximum absolute atomic E-state index is 12.1. The van der Waals surface area contributed by atoms with Crippen LogP contribution in [0.1, 0.15) is 25.1 Å². The lowest BCUT2D eigenvalue weighted by Gasteiger charge is -2.22. The van der Waals surface area contributed by atoms with E-state index in [4.69, 9.17) is 10.5 Å². The fourth-order valence-corrected chi connectivity index (χ4v) is 1.36. The van der Waals surface area contributed by atoms with Crippen molar-refractivity contribution >= 4 is 0 Å². The van der Waals surface area contributed by atoms with Gasteiger partial charge in [-0.15, -0.1) is 0 Å². The van der Waals surface area contributed by atoms with Gasteiger partial charge in [0.05, 0.1) is 5.69 Å². The van der Waals surface area contributed by atoms with Gasteiger partial charge in [-0.05, 0) is 18.6 Å². The van der Waals surface area contributed by atoms with Crippen molar-refractivity contribution in [2.24, 2.45) is 5.73 Å². The van der Waals surface area contributed by atoms with E-state index in [2.05, 4.69) is 4.98 Å². The first-order valence-electron chi connectivity index (χ1n) is 5.21. The van der Waals surface area contributed by atoms with Crippen molar-refractivity contribution in [2.45, 2.75) is 31.9 Å². The van der Waals surface area contributed by atoms with Crippen molar-refractivity contribution in [1.29, 1.82) is 0 Å². The lowest BCUT2D eigenvalue weighted by molar-refractivity contribution is -0.0367. The zero-order valence-electron chi connectivity index (χ0n) is 9.14. The van der Waals surface area contributed by atoms with Crippen LogP contribution < -0.4 is 5.73 Å². The predicted molar refractivity (Wildman–Crippen MR) is 57.2 cm³/mol. The van der Waals surface area contributed by atoms with E-state index in [1.807, 2.05) is 6.92 Å². The highest BCUT2D eigenvalue weighted by atomic mass is 19.3. The maximum atomic E-state index is 12.1. The van der Waals surface area contributed by atoms with E-state index < -0.39 is 19.1 Å². The van der Waals surface area contributed by atoms with E-state index in [0.29, 0.717) is 12.1 Å². The fourth-order valence-electron chi connectivity index (χ4n) is 1.36. The number of nitrogens with two attached hydrogens (primary N) is 1. The Bertz CT molecular complexity index is 295. The zero-order chi connectivity index (χ0) is 12.0. The standard InChI is InChI=1S/C11H16F2N2O/c1-2-8(14)11(16-7-10(12)13)9-5-3-4-6-15-9/h3-6,8,10-11H,2,7,14H2,1H3. The molecule has 16 heavy (non-hydrogen) atoms. The summed E-state index contributed by atoms with van der Waals surface area (Å²) in [5.74, 6) is 0. The number of hydrogen-bond donors (Lipinski definition) is 1. The smallest absolute Gasteiger partial charge is 0.261 e. The van der Waals surface area contributed by atoms with Crippen molar-refractivity contribution in [3.8, 4) is 0 Å². The van der Waals surface area contributed by atoms with E-state index >= 15 is 0 Å². The highest BCUT2D eigenvalue weighted by Gasteiger charge is 2.21. The van der Waals surface area contributed by atoms with Crippen molar-refractivity contribution in [2.75, 3.05) is 6.61 Å². The molecule has 0 aliphatic heterocycles. The summed E-state index contributed by atoms with van der Waals surface area (Å²) in [7, 11) is 0. The largest absolute Gasteiger partial charge is 0.364 e. The topological polar surface area (TPSA) is 48.1 Å². The Balaban J connectivity index is 2.71. The SMILES string of the molecule is CCC(N)C(OCC(F)F)c1ccccn1. The molecule has 2 N–H and O–H groups in total. The molecular weight excluding hydrogens is 214 g/mol. The van der Waals surface area contributed by atoms with Crippen molar-refractivity contribution in [3.63, 3.8) is 0 Å². The summed E-state index contributed by atoms with van der Waals surface area (Å²) in [5, 5.41) is 0. The van der Waals surface area contributed by atoms with Crippen LogP contribution in [-0.4, -0.2) is 24.1 Å². The molecule has 90 valence electrons. The average molecular weight is 230 g/mol. The Morgan fingerprint density at radius 3 is 2.69 bits per heavy atom. The molecule has 1 aromatic heterocycles. The number of nitrogens with zero attached hydrogens (tertiary/aromatic N) is 1. The van der Waals surface area contributed by atoms with E-state index in [1.165, 1.54) is 0 Å². The molecule has 1 rings (SSSR count). The molecule has 3 nitrogen and oxygen atoms in total. The summed E-state index contributed by atoms with van der Waals surface area (Å²) < 4.78 is 29.3. The zero-order valence-corrected chi connectivity index (χ0v) is 9.14. The van der Waals surface area contributed by atoms with Gasteiger partial charge in [0.2, 0.25) is 0 Å². The van der Waals surface area contributed by atoms with Gasteiger partial charge in [0, 0.05) is 12.2 Å². The van der Waals surface area contributed by atoms with E-state index in [-0.39, 0.29) is 6.04 Å². The molecule has 1 aromatic rings. The molecule has 0 saturated heterocycles. The molecule has 0 fully saturated rings. The minimum absolute atomic E-state index is 0.325. The molecule has 0 aliphatic carbocycles. The van der Waals surface area contributed by atoms with Gasteiger partial charge in [-0.25, -0.2) is 8.78 Å². The third-order valence-electron chi connectivity index (χ3n) is 2.24. The number of pyridine rings is 1. The van der Waals surface area contributed by atoms with Gasteiger partial charge >= 0.3 is 0 Å². The van der Waals surface area contributed by atoms with E-state index in [0.717, 1.165) is 0 Å². The Kier molecular flexibility index (Phi) is 5.28. The summed E-state index contributed by atoms with van der Waals surface area (Å²) in [6.07, 6.45) is -0.823. The van der Waals surface area contributed by atoms with Crippen LogP contribution in [0, 0.1) is 0 Å². The molecule has 5 heteroatoms. The number of ether oxygens (including phenoxy) is 1. The van der Waals surface area contributed by atoms with Crippen LogP contribution in [0.15, 0.2) is 24.4 Å². The Labute approximate surface area is 93.6 Å². The van der Waals surface area contributed by atoms with Crippen LogP contribution in [0.4, 0.5) is 8.78 Å². The van der Waals surface area contributed by atoms with Gasteiger partial charge in [0.25, 0.3) is 6.43 Å². The summed E-state index contributed by atoms with van der Waals surface area (Å²) in [6.45, 7) is 1.27. The fraction of sp³-hybridized carbons (Fsp3) is 0.545. The number of alkyl halides is 2. The molecule has 0 bridgehead atoms. The molecule has 0 saturated carbocycles. The van der Waals surface area contributed by atoms with Gasteiger partial charge in [0.1, 0.15) is 12.7 Å². The first-order valence-corrected chi connectivity index (χ1v) is 5.21. The average Bonchev–Trinajstić information content (AvgIpc) is 2.30. The van der Waals surface area contributed by atoms with Crippen LogP contribution in [0.2, 0.25) is 0 Å². The van der Waals surface area contributed by atoms with E-state index in [9.17, 15) is 8.78 Å². The Hall–Kier alpha value is -1.07. The van der Waals surface area contributed by atoms with Crippen molar-refractivity contribution in [1.82, 2.24) is 4.98 Å². The molecule has 0 aliphatic rings. The third-order valence-corrected chi connectivity index (χ3v) is 2.24. The van der Waals surface area contributed by atoms with Crippen molar-refractivity contribution < 1.29 is 13.5 Å². The highest BCUT2D eigenvalue weighted by Crippen LogP contribution is 2.20. The lowest BCUT2D eigenvalue weighted by Crippen LogP contribution is -2.31. The third kappa shape index (κ3) is 3.83. The lowest BCUT2D eigenvalue weighted by atomic mass is 10.1. The Morgan fingerprint density at radius 2 is 2.19 bits per heavy atom. The molecule has 1 heterocycles. The maximum Gasteiger partial charge on any atom is 0.261 e. The molecule has 2 atom stereocenters. The van der Waals surface area contributed by atoms with Crippen LogP contribution in [0.5, 0.6) is 0 Å². The van der Waals surface area contributed by atoms with Gasteiger partial charge < -0.3 is 10.5 Å². The van der Waals surface area contributed by atoms with Gasteiger partial charge in [-0.2, -0.15) is 0 Å². The molecular formula is C11H16F2N2O. The van der Waals surface area contributed by atoms with E-state index in [1.54, 1.807) is 24.4 Å². The monoisotopic (exact) mass is 230 g/mol. The second-order valence-electron chi connectivity index (χ2n) is 3.47. The molecule has 0 spiro atoms. The summed E-state index contributed by atoms with van der Waals surface area (Å²) in [6, 6.07) is 4.94. The molecule has 0 aromatic carbocycles. The van der Waals surface area contributed by atoms with Crippen LogP contribution in [-0.2, 0) is 4.74 Å².